The van der Waals surface area contributed by atoms with Gasteiger partial charge in [-0.05, 0) is 26.1 Å². The summed E-state index contributed by atoms with van der Waals surface area (Å²) in [5, 5.41) is 3.18. The molecular weight excluding hydrogens is 148 g/mol. The van der Waals surface area contributed by atoms with Crippen LogP contribution in [0.5, 0.6) is 0 Å². The fourth-order valence-electron chi connectivity index (χ4n) is 1.06. The predicted molar refractivity (Wildman–Crippen MR) is 54.9 cm³/mol. The average molecular weight is 168 g/mol. The minimum Gasteiger partial charge on any atom is -0.359 e. The van der Waals surface area contributed by atoms with Gasteiger partial charge in [0.05, 0.1) is 6.17 Å². The van der Waals surface area contributed by atoms with E-state index >= 15 is 0 Å². The largest absolute Gasteiger partial charge is 0.359 e. The second-order valence-electron chi connectivity index (χ2n) is 2.54. The number of likely N-dealkylation sites (N-methyl/N-ethyl adjacent to an activating group) is 2. The molecule has 1 unspecified atom stereocenters. The molecule has 0 spiro atoms. The molecule has 0 radical (unpaired) electrons. The summed E-state index contributed by atoms with van der Waals surface area (Å²) in [4.78, 5) is 2.19. The van der Waals surface area contributed by atoms with Crippen LogP contribution in [0.15, 0.2) is 23.9 Å². The minimum absolute atomic E-state index is 0.366. The fourth-order valence-corrected chi connectivity index (χ4v) is 1.06. The van der Waals surface area contributed by atoms with Gasteiger partial charge >= 0.3 is 0 Å². The first-order valence-corrected chi connectivity index (χ1v) is 4.51. The first-order valence-electron chi connectivity index (χ1n) is 4.51. The van der Waals surface area contributed by atoms with E-state index in [1.807, 2.05) is 20.9 Å². The maximum Gasteiger partial charge on any atom is 0.0981 e. The smallest absolute Gasteiger partial charge is 0.0981 e. The van der Waals surface area contributed by atoms with Crippen LogP contribution in [0.1, 0.15) is 20.8 Å². The van der Waals surface area contributed by atoms with Gasteiger partial charge in [0.15, 0.2) is 0 Å². The van der Waals surface area contributed by atoms with Gasteiger partial charge in [0.1, 0.15) is 0 Å². The van der Waals surface area contributed by atoms with Crippen LogP contribution >= 0.6 is 0 Å². The van der Waals surface area contributed by atoms with Crippen LogP contribution in [-0.4, -0.2) is 25.2 Å². The maximum atomic E-state index is 3.18. The van der Waals surface area contributed by atoms with Crippen molar-refractivity contribution in [1.29, 1.82) is 0 Å². The van der Waals surface area contributed by atoms with Crippen molar-refractivity contribution >= 4 is 0 Å². The lowest BCUT2D eigenvalue weighted by Crippen LogP contribution is -2.39. The van der Waals surface area contributed by atoms with Crippen molar-refractivity contribution < 1.29 is 0 Å². The Kier molecular flexibility index (Phi) is 5.47. The molecule has 2 heteroatoms. The van der Waals surface area contributed by atoms with Crippen LogP contribution < -0.4 is 5.32 Å². The third-order valence-corrected chi connectivity index (χ3v) is 1.90. The lowest BCUT2D eigenvalue weighted by atomic mass is 10.2. The van der Waals surface area contributed by atoms with Gasteiger partial charge in [0, 0.05) is 12.7 Å². The third kappa shape index (κ3) is 2.70. The molecule has 0 aromatic heterocycles. The molecule has 1 aliphatic rings. The van der Waals surface area contributed by atoms with E-state index in [1.54, 1.807) is 0 Å². The molecule has 0 aliphatic carbocycles. The molecule has 0 aromatic rings. The Morgan fingerprint density at radius 3 is 2.42 bits per heavy atom. The predicted octanol–water partition coefficient (Wildman–Crippen LogP) is 1.96. The highest BCUT2D eigenvalue weighted by Gasteiger charge is 2.10. The van der Waals surface area contributed by atoms with E-state index in [4.69, 9.17) is 0 Å². The summed E-state index contributed by atoms with van der Waals surface area (Å²) in [7, 11) is 4.04. The van der Waals surface area contributed by atoms with Crippen LogP contribution in [0, 0.1) is 0 Å². The van der Waals surface area contributed by atoms with Crippen molar-refractivity contribution in [2.75, 3.05) is 14.1 Å². The number of hydrogen-bond donors (Lipinski definition) is 1. The van der Waals surface area contributed by atoms with Crippen molar-refractivity contribution in [3.05, 3.63) is 23.9 Å². The molecule has 70 valence electrons. The second-order valence-corrected chi connectivity index (χ2v) is 2.54. The number of nitrogens with zero attached hydrogens (tertiary/aromatic N) is 1. The van der Waals surface area contributed by atoms with Gasteiger partial charge in [-0.1, -0.05) is 19.9 Å². The van der Waals surface area contributed by atoms with Crippen LogP contribution in [-0.2, 0) is 0 Å². The normalized spacial score (nSPS) is 21.2. The van der Waals surface area contributed by atoms with Crippen LogP contribution in [0.4, 0.5) is 0 Å². The van der Waals surface area contributed by atoms with E-state index in [1.165, 1.54) is 5.70 Å². The molecule has 0 aromatic carbocycles. The van der Waals surface area contributed by atoms with E-state index in [2.05, 4.69) is 42.4 Å². The summed E-state index contributed by atoms with van der Waals surface area (Å²) in [6.07, 6.45) is 6.68. The van der Waals surface area contributed by atoms with Crippen LogP contribution in [0.25, 0.3) is 0 Å². The molecule has 1 rings (SSSR count). The molecule has 0 fully saturated rings. The molecule has 0 saturated heterocycles. The SMILES string of the molecule is CC.CNC1C=CC=C(C)N1C. The molecule has 2 nitrogen and oxygen atoms in total. The van der Waals surface area contributed by atoms with Crippen LogP contribution in [0.2, 0.25) is 0 Å². The van der Waals surface area contributed by atoms with Crippen molar-refractivity contribution in [1.82, 2.24) is 10.2 Å². The summed E-state index contributed by atoms with van der Waals surface area (Å²) < 4.78 is 0. The zero-order chi connectivity index (χ0) is 9.56. The molecule has 0 amide bonds. The second kappa shape index (κ2) is 5.84. The zero-order valence-corrected chi connectivity index (χ0v) is 8.76. The Morgan fingerprint density at radius 1 is 1.42 bits per heavy atom. The zero-order valence-electron chi connectivity index (χ0n) is 8.76. The summed E-state index contributed by atoms with van der Waals surface area (Å²) in [5.74, 6) is 0. The Labute approximate surface area is 76.0 Å². The highest BCUT2D eigenvalue weighted by Crippen LogP contribution is 2.09. The molecule has 1 atom stereocenters. The van der Waals surface area contributed by atoms with E-state index in [-0.39, 0.29) is 0 Å². The van der Waals surface area contributed by atoms with Crippen molar-refractivity contribution in [2.24, 2.45) is 0 Å². The van der Waals surface area contributed by atoms with Crippen molar-refractivity contribution in [3.8, 4) is 0 Å². The minimum atomic E-state index is 0.366. The average Bonchev–Trinajstić information content (AvgIpc) is 2.13. The van der Waals surface area contributed by atoms with Gasteiger partial charge in [0.2, 0.25) is 0 Å². The molecule has 1 aliphatic heterocycles. The summed E-state index contributed by atoms with van der Waals surface area (Å²) >= 11 is 0. The number of rotatable bonds is 1. The first kappa shape index (κ1) is 11.2. The lowest BCUT2D eigenvalue weighted by Gasteiger charge is -2.29. The van der Waals surface area contributed by atoms with Gasteiger partial charge in [-0.3, -0.25) is 5.32 Å². The number of hydrogen-bond acceptors (Lipinski definition) is 2. The van der Waals surface area contributed by atoms with Gasteiger partial charge < -0.3 is 4.90 Å². The van der Waals surface area contributed by atoms with E-state index in [9.17, 15) is 0 Å². The first-order chi connectivity index (χ1) is 5.75. The summed E-state index contributed by atoms with van der Waals surface area (Å²) in [5.41, 5.74) is 1.29. The van der Waals surface area contributed by atoms with E-state index < -0.39 is 0 Å². The highest BCUT2D eigenvalue weighted by molar-refractivity contribution is 5.17. The van der Waals surface area contributed by atoms with E-state index in [0.29, 0.717) is 6.17 Å². The van der Waals surface area contributed by atoms with Gasteiger partial charge in [-0.25, -0.2) is 0 Å². The Morgan fingerprint density at radius 2 is 2.00 bits per heavy atom. The molecular formula is C10H20N2. The molecule has 1 N–H and O–H groups in total. The van der Waals surface area contributed by atoms with Gasteiger partial charge in [0.25, 0.3) is 0 Å². The van der Waals surface area contributed by atoms with Crippen LogP contribution in [0.3, 0.4) is 0 Å². The van der Waals surface area contributed by atoms with Crippen molar-refractivity contribution in [3.63, 3.8) is 0 Å². The standard InChI is InChI=1S/C8H14N2.C2H6/c1-7-5-4-6-8(9-2)10(7)3;1-2/h4-6,8-9H,1-3H3;1-2H3. The quantitative estimate of drug-likeness (QED) is 0.644. The topological polar surface area (TPSA) is 15.3 Å². The van der Waals surface area contributed by atoms with Gasteiger partial charge in [-0.15, -0.1) is 0 Å². The maximum absolute atomic E-state index is 3.18. The number of allylic oxidation sites excluding steroid dienone is 3. The summed E-state index contributed by atoms with van der Waals surface area (Å²) in [6, 6.07) is 0. The Bertz CT molecular complexity index is 171. The number of nitrogens with one attached hydrogen (secondary N) is 1. The van der Waals surface area contributed by atoms with Gasteiger partial charge in [-0.2, -0.15) is 0 Å². The molecule has 0 bridgehead atoms. The molecule has 0 saturated carbocycles. The van der Waals surface area contributed by atoms with Crippen molar-refractivity contribution in [2.45, 2.75) is 26.9 Å². The summed E-state index contributed by atoms with van der Waals surface area (Å²) in [6.45, 7) is 6.10. The molecule has 12 heavy (non-hydrogen) atoms. The fraction of sp³-hybridized carbons (Fsp3) is 0.600. The monoisotopic (exact) mass is 168 g/mol. The van der Waals surface area contributed by atoms with E-state index in [0.717, 1.165) is 0 Å². The molecule has 1 heterocycles. The Hall–Kier alpha value is -0.760. The Balaban J connectivity index is 0.000000561. The highest BCUT2D eigenvalue weighted by atomic mass is 15.2. The third-order valence-electron chi connectivity index (χ3n) is 1.90. The lowest BCUT2D eigenvalue weighted by molar-refractivity contribution is 0.315.